The van der Waals surface area contributed by atoms with Gasteiger partial charge in [0.25, 0.3) is 0 Å². The van der Waals surface area contributed by atoms with E-state index in [2.05, 4.69) is 6.92 Å². The fourth-order valence-electron chi connectivity index (χ4n) is 1.53. The van der Waals surface area contributed by atoms with E-state index in [1.807, 2.05) is 12.1 Å². The summed E-state index contributed by atoms with van der Waals surface area (Å²) in [6.45, 7) is 3.41. The number of benzene rings is 1. The Morgan fingerprint density at radius 2 is 2.06 bits per heavy atom. The molecule has 18 heavy (non-hydrogen) atoms. The summed E-state index contributed by atoms with van der Waals surface area (Å²) in [6, 6.07) is 5.63. The first kappa shape index (κ1) is 16.7. The second-order valence-electron chi connectivity index (χ2n) is 3.95. The lowest BCUT2D eigenvalue weighted by Gasteiger charge is -2.12. The number of methoxy groups -OCH3 is 1. The molecule has 1 aromatic carbocycles. The van der Waals surface area contributed by atoms with E-state index in [-0.39, 0.29) is 24.4 Å². The molecule has 5 heteroatoms. The van der Waals surface area contributed by atoms with Gasteiger partial charge in [-0.25, -0.2) is 0 Å². The van der Waals surface area contributed by atoms with Gasteiger partial charge in [-0.15, -0.1) is 12.4 Å². The largest absolute Gasteiger partial charge is 0.493 e. The van der Waals surface area contributed by atoms with Crippen LogP contribution in [0.25, 0.3) is 0 Å². The second kappa shape index (κ2) is 7.95. The van der Waals surface area contributed by atoms with Crippen LogP contribution >= 0.6 is 12.4 Å². The molecule has 0 saturated carbocycles. The van der Waals surface area contributed by atoms with E-state index < -0.39 is 0 Å². The third-order valence-electron chi connectivity index (χ3n) is 2.50. The first-order valence-electron chi connectivity index (χ1n) is 5.67. The lowest BCUT2D eigenvalue weighted by atomic mass is 10.0. The highest BCUT2D eigenvalue weighted by molar-refractivity contribution is 5.85. The molecule has 1 aromatic rings. The van der Waals surface area contributed by atoms with Crippen molar-refractivity contribution in [2.24, 2.45) is 5.73 Å². The molecule has 1 atom stereocenters. The van der Waals surface area contributed by atoms with Gasteiger partial charge in [0, 0.05) is 13.0 Å². The lowest BCUT2D eigenvalue weighted by Crippen LogP contribution is -2.21. The molecule has 1 unspecified atom stereocenters. The van der Waals surface area contributed by atoms with Crippen molar-refractivity contribution < 1.29 is 14.3 Å². The number of hydrogen-bond acceptors (Lipinski definition) is 4. The zero-order chi connectivity index (χ0) is 12.8. The molecule has 0 saturated heterocycles. The Bertz CT molecular complexity index is 396. The van der Waals surface area contributed by atoms with Crippen LogP contribution in [0, 0.1) is 0 Å². The maximum absolute atomic E-state index is 10.9. The van der Waals surface area contributed by atoms with Crippen LogP contribution in [0.4, 0.5) is 0 Å². The predicted octanol–water partition coefficient (Wildman–Crippen LogP) is 2.32. The van der Waals surface area contributed by atoms with Crippen LogP contribution in [0.2, 0.25) is 0 Å². The molecule has 0 bridgehead atoms. The number of ether oxygens (including phenoxy) is 2. The summed E-state index contributed by atoms with van der Waals surface area (Å²) < 4.78 is 10.2. The molecule has 102 valence electrons. The van der Waals surface area contributed by atoms with Gasteiger partial charge in [-0.1, -0.05) is 13.0 Å². The van der Waals surface area contributed by atoms with Crippen molar-refractivity contribution in [3.63, 3.8) is 0 Å². The topological polar surface area (TPSA) is 61.5 Å². The summed E-state index contributed by atoms with van der Waals surface area (Å²) in [5.74, 6) is 0.635. The third kappa shape index (κ3) is 4.94. The minimum Gasteiger partial charge on any atom is -0.493 e. The maximum atomic E-state index is 10.9. The van der Waals surface area contributed by atoms with Crippen molar-refractivity contribution in [2.45, 2.75) is 32.7 Å². The smallest absolute Gasteiger partial charge is 0.308 e. The average molecular weight is 274 g/mol. The van der Waals surface area contributed by atoms with Crippen LogP contribution in [0.1, 0.15) is 25.8 Å². The van der Waals surface area contributed by atoms with Crippen molar-refractivity contribution >= 4 is 18.4 Å². The van der Waals surface area contributed by atoms with Crippen molar-refractivity contribution in [1.29, 1.82) is 0 Å². The lowest BCUT2D eigenvalue weighted by molar-refractivity contribution is -0.132. The molecule has 0 fully saturated rings. The van der Waals surface area contributed by atoms with Crippen LogP contribution < -0.4 is 15.2 Å². The number of esters is 1. The molecule has 1 rings (SSSR count). The molecule has 0 radical (unpaired) electrons. The number of halogens is 1. The molecule has 0 aliphatic heterocycles. The fraction of sp³-hybridized carbons (Fsp3) is 0.462. The molecule has 0 amide bonds. The Hall–Kier alpha value is -1.26. The Kier molecular flexibility index (Phi) is 7.39. The number of rotatable bonds is 5. The first-order valence-corrected chi connectivity index (χ1v) is 5.67. The van der Waals surface area contributed by atoms with Gasteiger partial charge < -0.3 is 15.2 Å². The Morgan fingerprint density at radius 1 is 1.39 bits per heavy atom. The van der Waals surface area contributed by atoms with Gasteiger partial charge in [0.15, 0.2) is 11.5 Å². The molecule has 0 aliphatic rings. The summed E-state index contributed by atoms with van der Waals surface area (Å²) >= 11 is 0. The van der Waals surface area contributed by atoms with Gasteiger partial charge in [-0.2, -0.15) is 0 Å². The van der Waals surface area contributed by atoms with Crippen LogP contribution in [0.15, 0.2) is 18.2 Å². The van der Waals surface area contributed by atoms with E-state index >= 15 is 0 Å². The first-order chi connectivity index (χ1) is 8.06. The van der Waals surface area contributed by atoms with Crippen molar-refractivity contribution in [3.05, 3.63) is 23.8 Å². The predicted molar refractivity (Wildman–Crippen MR) is 73.5 cm³/mol. The van der Waals surface area contributed by atoms with Crippen LogP contribution in [0.3, 0.4) is 0 Å². The number of carbonyl (C=O) groups is 1. The van der Waals surface area contributed by atoms with E-state index in [4.69, 9.17) is 15.2 Å². The Balaban J connectivity index is 0.00000289. The zero-order valence-electron chi connectivity index (χ0n) is 10.9. The number of nitrogens with two attached hydrogens (primary N) is 1. The van der Waals surface area contributed by atoms with Gasteiger partial charge in [0.05, 0.1) is 7.11 Å². The maximum Gasteiger partial charge on any atom is 0.308 e. The third-order valence-corrected chi connectivity index (χ3v) is 2.50. The van der Waals surface area contributed by atoms with Crippen LogP contribution in [-0.2, 0) is 11.2 Å². The molecular weight excluding hydrogens is 254 g/mol. The van der Waals surface area contributed by atoms with Gasteiger partial charge in [0.1, 0.15) is 0 Å². The summed E-state index contributed by atoms with van der Waals surface area (Å²) in [6.07, 6.45) is 1.71. The zero-order valence-corrected chi connectivity index (χ0v) is 11.8. The highest BCUT2D eigenvalue weighted by Gasteiger charge is 2.09. The highest BCUT2D eigenvalue weighted by atomic mass is 35.5. The summed E-state index contributed by atoms with van der Waals surface area (Å²) in [5, 5.41) is 0. The van der Waals surface area contributed by atoms with E-state index in [0.29, 0.717) is 11.5 Å². The molecule has 0 spiro atoms. The monoisotopic (exact) mass is 273 g/mol. The van der Waals surface area contributed by atoms with E-state index in [1.165, 1.54) is 6.92 Å². The van der Waals surface area contributed by atoms with Gasteiger partial charge in [-0.05, 0) is 30.5 Å². The molecule has 0 heterocycles. The van der Waals surface area contributed by atoms with Crippen molar-refractivity contribution in [1.82, 2.24) is 0 Å². The van der Waals surface area contributed by atoms with Crippen LogP contribution in [-0.4, -0.2) is 19.1 Å². The van der Waals surface area contributed by atoms with Crippen molar-refractivity contribution in [2.75, 3.05) is 7.11 Å². The fourth-order valence-corrected chi connectivity index (χ4v) is 1.53. The molecule has 4 nitrogen and oxygen atoms in total. The normalized spacial score (nSPS) is 11.3. The van der Waals surface area contributed by atoms with E-state index in [1.54, 1.807) is 13.2 Å². The standard InChI is InChI=1S/C13H19NO3.ClH/c1-4-11(14)7-10-5-6-12(17-9(2)15)13(8-10)16-3;/h5-6,8,11H,4,7,14H2,1-3H3;1H. The average Bonchev–Trinajstić information content (AvgIpc) is 2.30. The van der Waals surface area contributed by atoms with Gasteiger partial charge >= 0.3 is 5.97 Å². The minimum absolute atomic E-state index is 0. The summed E-state index contributed by atoms with van der Waals surface area (Å²) in [5.41, 5.74) is 6.97. The Labute approximate surface area is 114 Å². The van der Waals surface area contributed by atoms with Gasteiger partial charge in [0.2, 0.25) is 0 Å². The van der Waals surface area contributed by atoms with Gasteiger partial charge in [-0.3, -0.25) is 4.79 Å². The second-order valence-corrected chi connectivity index (χ2v) is 3.95. The molecule has 0 aromatic heterocycles. The van der Waals surface area contributed by atoms with E-state index in [0.717, 1.165) is 18.4 Å². The quantitative estimate of drug-likeness (QED) is 0.661. The molecular formula is C13H20ClNO3. The minimum atomic E-state index is -0.360. The van der Waals surface area contributed by atoms with Crippen molar-refractivity contribution in [3.8, 4) is 11.5 Å². The number of hydrogen-bond donors (Lipinski definition) is 1. The molecule has 2 N–H and O–H groups in total. The van der Waals surface area contributed by atoms with E-state index in [9.17, 15) is 4.79 Å². The summed E-state index contributed by atoms with van der Waals surface area (Å²) in [7, 11) is 1.55. The summed E-state index contributed by atoms with van der Waals surface area (Å²) in [4.78, 5) is 10.9. The highest BCUT2D eigenvalue weighted by Crippen LogP contribution is 2.28. The number of carbonyl (C=O) groups excluding carboxylic acids is 1. The SMILES string of the molecule is CCC(N)Cc1ccc(OC(C)=O)c(OC)c1.Cl. The Morgan fingerprint density at radius 3 is 2.56 bits per heavy atom. The molecule has 0 aliphatic carbocycles. The van der Waals surface area contributed by atoms with Crippen LogP contribution in [0.5, 0.6) is 11.5 Å².